The van der Waals surface area contributed by atoms with E-state index in [2.05, 4.69) is 23.0 Å². The van der Waals surface area contributed by atoms with E-state index in [0.717, 1.165) is 16.2 Å². The summed E-state index contributed by atoms with van der Waals surface area (Å²) >= 11 is 1.36. The number of ketones is 1. The lowest BCUT2D eigenvalue weighted by molar-refractivity contribution is 0.102. The van der Waals surface area contributed by atoms with E-state index in [1.807, 2.05) is 13.0 Å². The summed E-state index contributed by atoms with van der Waals surface area (Å²) in [5.41, 5.74) is 4.78. The number of hydrogen-bond acceptors (Lipinski definition) is 3. The van der Waals surface area contributed by atoms with Gasteiger partial charge in [0.15, 0.2) is 10.9 Å². The largest absolute Gasteiger partial charge is 0.333 e. The van der Waals surface area contributed by atoms with Gasteiger partial charge in [-0.2, -0.15) is 0 Å². The number of carbonyl (C=O) groups is 1. The lowest BCUT2D eigenvalue weighted by Gasteiger charge is -1.99. The fraction of sp³-hybridized carbons (Fsp3) is 0.176. The van der Waals surface area contributed by atoms with Crippen molar-refractivity contribution in [3.63, 3.8) is 0 Å². The second-order valence-corrected chi connectivity index (χ2v) is 6.18. The molecule has 0 unspecified atom stereocenters. The lowest BCUT2D eigenvalue weighted by atomic mass is 10.1. The number of imidazole rings is 1. The zero-order valence-electron chi connectivity index (χ0n) is 12.3. The molecule has 0 aliphatic rings. The quantitative estimate of drug-likeness (QED) is 0.577. The van der Waals surface area contributed by atoms with E-state index >= 15 is 0 Å². The molecule has 0 aliphatic carbocycles. The van der Waals surface area contributed by atoms with Crippen LogP contribution in [0.5, 0.6) is 0 Å². The minimum absolute atomic E-state index is 0.0437. The van der Waals surface area contributed by atoms with Crippen molar-refractivity contribution in [1.29, 1.82) is 0 Å². The predicted octanol–water partition coefficient (Wildman–Crippen LogP) is 4.29. The summed E-state index contributed by atoms with van der Waals surface area (Å²) in [5.74, 6) is -0.117. The van der Waals surface area contributed by atoms with Crippen molar-refractivity contribution in [1.82, 2.24) is 9.97 Å². The average Bonchev–Trinajstić information content (AvgIpc) is 2.88. The zero-order valence-corrected chi connectivity index (χ0v) is 13.1. The molecular formula is C17H15FN2OS. The van der Waals surface area contributed by atoms with E-state index in [1.165, 1.54) is 47.2 Å². The molecule has 0 atom stereocenters. The Labute approximate surface area is 132 Å². The number of aromatic nitrogens is 2. The zero-order chi connectivity index (χ0) is 15.7. The number of nitrogens with zero attached hydrogens (tertiary/aromatic N) is 1. The molecule has 0 aliphatic heterocycles. The van der Waals surface area contributed by atoms with Crippen LogP contribution in [-0.2, 0) is 0 Å². The molecule has 0 amide bonds. The van der Waals surface area contributed by atoms with Crippen LogP contribution < -0.4 is 0 Å². The van der Waals surface area contributed by atoms with Crippen LogP contribution in [0.2, 0.25) is 0 Å². The molecule has 5 heteroatoms. The minimum Gasteiger partial charge on any atom is -0.333 e. The van der Waals surface area contributed by atoms with Crippen LogP contribution in [0, 0.1) is 19.7 Å². The van der Waals surface area contributed by atoms with Gasteiger partial charge in [0.05, 0.1) is 16.8 Å². The third-order valence-electron chi connectivity index (χ3n) is 3.58. The summed E-state index contributed by atoms with van der Waals surface area (Å²) in [6, 6.07) is 9.69. The first kappa shape index (κ1) is 14.8. The Hall–Kier alpha value is -2.14. The predicted molar refractivity (Wildman–Crippen MR) is 87.0 cm³/mol. The molecule has 22 heavy (non-hydrogen) atoms. The maximum Gasteiger partial charge on any atom is 0.173 e. The molecule has 0 bridgehead atoms. The molecule has 0 spiro atoms. The van der Waals surface area contributed by atoms with Crippen molar-refractivity contribution in [2.45, 2.75) is 19.0 Å². The molecule has 3 nitrogen and oxygen atoms in total. The molecule has 0 fully saturated rings. The van der Waals surface area contributed by atoms with Gasteiger partial charge in [-0.1, -0.05) is 11.8 Å². The average molecular weight is 314 g/mol. The molecule has 0 radical (unpaired) electrons. The van der Waals surface area contributed by atoms with Crippen LogP contribution in [0.3, 0.4) is 0 Å². The van der Waals surface area contributed by atoms with Gasteiger partial charge in [0.1, 0.15) is 5.82 Å². The molecule has 1 N–H and O–H groups in total. The van der Waals surface area contributed by atoms with Gasteiger partial charge in [0.25, 0.3) is 0 Å². The maximum absolute atomic E-state index is 12.9. The van der Waals surface area contributed by atoms with Gasteiger partial charge in [-0.3, -0.25) is 4.79 Å². The van der Waals surface area contributed by atoms with E-state index in [1.54, 1.807) is 0 Å². The molecule has 112 valence electrons. The first-order valence-corrected chi connectivity index (χ1v) is 7.90. The number of fused-ring (bicyclic) bond motifs is 1. The van der Waals surface area contributed by atoms with Crippen molar-refractivity contribution in [2.75, 3.05) is 5.75 Å². The molecule has 1 aromatic heterocycles. The van der Waals surface area contributed by atoms with E-state index in [-0.39, 0.29) is 17.4 Å². The van der Waals surface area contributed by atoms with E-state index in [9.17, 15) is 9.18 Å². The van der Waals surface area contributed by atoms with Gasteiger partial charge in [0, 0.05) is 5.56 Å². The Morgan fingerprint density at radius 1 is 1.18 bits per heavy atom. The summed E-state index contributed by atoms with van der Waals surface area (Å²) < 4.78 is 12.9. The highest BCUT2D eigenvalue weighted by Crippen LogP contribution is 2.23. The molecule has 0 saturated heterocycles. The number of H-pyrrole nitrogens is 1. The highest BCUT2D eigenvalue weighted by Gasteiger charge is 2.10. The smallest absolute Gasteiger partial charge is 0.173 e. The SMILES string of the molecule is Cc1cc2nc(SCC(=O)c3ccc(F)cc3)[nH]c2cc1C. The number of hydrogen-bond donors (Lipinski definition) is 1. The summed E-state index contributed by atoms with van der Waals surface area (Å²) in [5, 5.41) is 0.718. The fourth-order valence-corrected chi connectivity index (χ4v) is 2.95. The number of benzene rings is 2. The molecule has 0 saturated carbocycles. The highest BCUT2D eigenvalue weighted by atomic mass is 32.2. The Balaban J connectivity index is 1.73. The highest BCUT2D eigenvalue weighted by molar-refractivity contribution is 7.99. The van der Waals surface area contributed by atoms with Crippen LogP contribution in [0.25, 0.3) is 11.0 Å². The summed E-state index contributed by atoms with van der Waals surface area (Å²) in [6.45, 7) is 4.11. The van der Waals surface area contributed by atoms with Gasteiger partial charge in [0.2, 0.25) is 0 Å². The van der Waals surface area contributed by atoms with Gasteiger partial charge in [-0.15, -0.1) is 0 Å². The van der Waals surface area contributed by atoms with Crippen molar-refractivity contribution in [2.24, 2.45) is 0 Å². The van der Waals surface area contributed by atoms with Crippen molar-refractivity contribution in [3.8, 4) is 0 Å². The van der Waals surface area contributed by atoms with Gasteiger partial charge >= 0.3 is 0 Å². The number of nitrogens with one attached hydrogen (secondary N) is 1. The molecular weight excluding hydrogens is 299 g/mol. The monoisotopic (exact) mass is 314 g/mol. The topological polar surface area (TPSA) is 45.8 Å². The first-order valence-electron chi connectivity index (χ1n) is 6.91. The van der Waals surface area contributed by atoms with Crippen molar-refractivity contribution < 1.29 is 9.18 Å². The van der Waals surface area contributed by atoms with Crippen LogP contribution in [0.4, 0.5) is 4.39 Å². The number of halogens is 1. The molecule has 1 heterocycles. The number of thioether (sulfide) groups is 1. The number of aromatic amines is 1. The number of Topliss-reactive ketones (excluding diaryl/α,β-unsaturated/α-hetero) is 1. The second-order valence-electron chi connectivity index (χ2n) is 5.21. The standard InChI is InChI=1S/C17H15FN2OS/c1-10-7-14-15(8-11(10)2)20-17(19-14)22-9-16(21)12-3-5-13(18)6-4-12/h3-8H,9H2,1-2H3,(H,19,20). The lowest BCUT2D eigenvalue weighted by Crippen LogP contribution is -2.02. The fourth-order valence-electron chi connectivity index (χ4n) is 2.17. The van der Waals surface area contributed by atoms with Crippen molar-refractivity contribution >= 4 is 28.6 Å². The van der Waals surface area contributed by atoms with Gasteiger partial charge in [-0.05, 0) is 61.4 Å². The molecule has 2 aromatic carbocycles. The number of carbonyl (C=O) groups excluding carboxylic acids is 1. The third kappa shape index (κ3) is 3.04. The number of aryl methyl sites for hydroxylation is 2. The summed E-state index contributed by atoms with van der Waals surface area (Å²) in [7, 11) is 0. The summed E-state index contributed by atoms with van der Waals surface area (Å²) in [4.78, 5) is 19.8. The Morgan fingerprint density at radius 2 is 1.86 bits per heavy atom. The van der Waals surface area contributed by atoms with E-state index < -0.39 is 0 Å². The minimum atomic E-state index is -0.341. The van der Waals surface area contributed by atoms with E-state index in [0.29, 0.717) is 5.56 Å². The van der Waals surface area contributed by atoms with Crippen LogP contribution >= 0.6 is 11.8 Å². The molecule has 3 aromatic rings. The van der Waals surface area contributed by atoms with Crippen LogP contribution in [-0.4, -0.2) is 21.5 Å². The molecule has 3 rings (SSSR count). The second kappa shape index (κ2) is 5.93. The normalized spacial score (nSPS) is 11.0. The van der Waals surface area contributed by atoms with E-state index in [4.69, 9.17) is 0 Å². The summed E-state index contributed by atoms with van der Waals surface area (Å²) in [6.07, 6.45) is 0. The van der Waals surface area contributed by atoms with Gasteiger partial charge in [-0.25, -0.2) is 9.37 Å². The Bertz CT molecular complexity index is 801. The van der Waals surface area contributed by atoms with Crippen molar-refractivity contribution in [3.05, 3.63) is 58.9 Å². The maximum atomic E-state index is 12.9. The van der Waals surface area contributed by atoms with Crippen LogP contribution in [0.1, 0.15) is 21.5 Å². The Morgan fingerprint density at radius 3 is 2.59 bits per heavy atom. The van der Waals surface area contributed by atoms with Crippen LogP contribution in [0.15, 0.2) is 41.6 Å². The van der Waals surface area contributed by atoms with Gasteiger partial charge < -0.3 is 4.98 Å². The number of rotatable bonds is 4. The first-order chi connectivity index (χ1) is 10.5. The third-order valence-corrected chi connectivity index (χ3v) is 4.46. The Kier molecular flexibility index (Phi) is 3.98.